The number of amides is 1. The minimum atomic E-state index is -0.959. The van der Waals surface area contributed by atoms with Crippen molar-refractivity contribution in [1.29, 1.82) is 0 Å². The molecular weight excluding hydrogens is 552 g/mol. The van der Waals surface area contributed by atoms with Crippen LogP contribution in [0.3, 0.4) is 0 Å². The number of anilines is 1. The highest BCUT2D eigenvalue weighted by atomic mass is 32.1. The van der Waals surface area contributed by atoms with Gasteiger partial charge in [-0.3, -0.25) is 14.5 Å². The summed E-state index contributed by atoms with van der Waals surface area (Å²) in [6.45, 7) is 7.65. The van der Waals surface area contributed by atoms with Crippen LogP contribution < -0.4 is 9.64 Å². The van der Waals surface area contributed by atoms with Crippen LogP contribution in [0.2, 0.25) is 0 Å². The smallest absolute Gasteiger partial charge is 0.350 e. The number of rotatable bonds is 8. The molecule has 1 saturated heterocycles. The van der Waals surface area contributed by atoms with Crippen molar-refractivity contribution in [2.45, 2.75) is 40.3 Å². The number of hydrogen-bond acceptors (Lipinski definition) is 8. The van der Waals surface area contributed by atoms with Crippen LogP contribution in [0.5, 0.6) is 5.75 Å². The van der Waals surface area contributed by atoms with E-state index in [0.717, 1.165) is 22.5 Å². The van der Waals surface area contributed by atoms with Crippen molar-refractivity contribution in [1.82, 2.24) is 4.98 Å². The van der Waals surface area contributed by atoms with Crippen LogP contribution >= 0.6 is 11.3 Å². The van der Waals surface area contributed by atoms with E-state index in [1.807, 2.05) is 61.5 Å². The van der Waals surface area contributed by atoms with E-state index in [0.29, 0.717) is 34.7 Å². The van der Waals surface area contributed by atoms with Crippen molar-refractivity contribution < 1.29 is 29.0 Å². The Morgan fingerprint density at radius 1 is 1.00 bits per heavy atom. The second-order valence-electron chi connectivity index (χ2n) is 9.96. The first kappa shape index (κ1) is 28.8. The summed E-state index contributed by atoms with van der Waals surface area (Å²) in [5, 5.41) is 11.8. The van der Waals surface area contributed by atoms with Crippen LogP contribution in [0, 0.1) is 20.8 Å². The Hall–Kier alpha value is -4.76. The molecule has 1 N–H and O–H groups in total. The van der Waals surface area contributed by atoms with E-state index in [1.165, 1.54) is 4.90 Å². The maximum Gasteiger partial charge on any atom is 0.350 e. The van der Waals surface area contributed by atoms with E-state index < -0.39 is 23.7 Å². The number of aliphatic hydroxyl groups excluding tert-OH is 1. The lowest BCUT2D eigenvalue weighted by molar-refractivity contribution is -0.132. The van der Waals surface area contributed by atoms with Crippen molar-refractivity contribution in [3.63, 3.8) is 0 Å². The van der Waals surface area contributed by atoms with Crippen molar-refractivity contribution >= 4 is 39.9 Å². The van der Waals surface area contributed by atoms with Gasteiger partial charge < -0.3 is 14.6 Å². The summed E-state index contributed by atoms with van der Waals surface area (Å²) in [5.41, 5.74) is 4.03. The zero-order valence-electron chi connectivity index (χ0n) is 23.7. The van der Waals surface area contributed by atoms with Crippen LogP contribution in [0.15, 0.2) is 78.4 Å². The van der Waals surface area contributed by atoms with Gasteiger partial charge in [0.2, 0.25) is 0 Å². The Bertz CT molecular complexity index is 1690. The highest BCUT2D eigenvalue weighted by molar-refractivity contribution is 7.17. The largest absolute Gasteiger partial charge is 0.507 e. The molecule has 1 aromatic heterocycles. The Morgan fingerprint density at radius 3 is 2.38 bits per heavy atom. The van der Waals surface area contributed by atoms with Gasteiger partial charge in [-0.05, 0) is 62.6 Å². The summed E-state index contributed by atoms with van der Waals surface area (Å²) in [7, 11) is 0. The molecule has 1 atom stereocenters. The standard InChI is InChI=1S/C33H30N2O6S/c1-5-40-32(39)30-21(4)34-33(42-30)35-27(23-13-11-19(2)12-14-23)26(29(37)31(35)38)28(36)25-16-15-24(17-20(25)3)41-18-22-9-7-6-8-10-22/h6-17,27,36H,5,18H2,1-4H3. The molecule has 8 nitrogen and oxygen atoms in total. The fourth-order valence-corrected chi connectivity index (χ4v) is 5.83. The molecule has 2 heterocycles. The molecule has 0 spiro atoms. The molecule has 9 heteroatoms. The molecule has 1 unspecified atom stereocenters. The highest BCUT2D eigenvalue weighted by Gasteiger charge is 2.48. The minimum Gasteiger partial charge on any atom is -0.507 e. The van der Waals surface area contributed by atoms with Gasteiger partial charge in [-0.1, -0.05) is 71.5 Å². The second-order valence-corrected chi connectivity index (χ2v) is 10.9. The predicted molar refractivity (Wildman–Crippen MR) is 161 cm³/mol. The van der Waals surface area contributed by atoms with Gasteiger partial charge in [0.1, 0.15) is 23.0 Å². The Balaban J connectivity index is 1.57. The maximum absolute atomic E-state index is 13.6. The molecule has 0 radical (unpaired) electrons. The SMILES string of the molecule is CCOC(=O)c1sc(N2C(=O)C(=O)C(=C(O)c3ccc(OCc4ccccc4)cc3C)C2c2ccc(C)cc2)nc1C. The van der Waals surface area contributed by atoms with Crippen LogP contribution in [0.25, 0.3) is 5.76 Å². The summed E-state index contributed by atoms with van der Waals surface area (Å²) in [6.07, 6.45) is 0. The highest BCUT2D eigenvalue weighted by Crippen LogP contribution is 2.44. The van der Waals surface area contributed by atoms with Crippen LogP contribution in [-0.2, 0) is 20.9 Å². The van der Waals surface area contributed by atoms with Gasteiger partial charge in [0.25, 0.3) is 5.78 Å². The molecule has 1 aliphatic heterocycles. The molecule has 4 aromatic rings. The van der Waals surface area contributed by atoms with Gasteiger partial charge in [-0.25, -0.2) is 9.78 Å². The Kier molecular flexibility index (Phi) is 8.22. The predicted octanol–water partition coefficient (Wildman–Crippen LogP) is 6.45. The fraction of sp³-hybridized carbons (Fsp3) is 0.212. The number of Topliss-reactive ketones (excluding diaryl/α,β-unsaturated/α-hetero) is 1. The third kappa shape index (κ3) is 5.56. The van der Waals surface area contributed by atoms with E-state index in [9.17, 15) is 19.5 Å². The van der Waals surface area contributed by atoms with Gasteiger partial charge >= 0.3 is 11.9 Å². The quantitative estimate of drug-likeness (QED) is 0.110. The molecule has 1 aliphatic rings. The number of nitrogens with zero attached hydrogens (tertiary/aromatic N) is 2. The van der Waals surface area contributed by atoms with Gasteiger partial charge in [0.05, 0.1) is 23.9 Å². The Labute approximate surface area is 247 Å². The number of hydrogen-bond donors (Lipinski definition) is 1. The number of thiazole rings is 1. The lowest BCUT2D eigenvalue weighted by Crippen LogP contribution is -2.29. The van der Waals surface area contributed by atoms with E-state index in [2.05, 4.69) is 4.98 Å². The van der Waals surface area contributed by atoms with Crippen LogP contribution in [0.4, 0.5) is 5.13 Å². The van der Waals surface area contributed by atoms with Gasteiger partial charge in [-0.2, -0.15) is 0 Å². The number of benzene rings is 3. The number of aryl methyl sites for hydroxylation is 3. The molecule has 1 amide bonds. The summed E-state index contributed by atoms with van der Waals surface area (Å²) >= 11 is 0.977. The van der Waals surface area contributed by atoms with Crippen LogP contribution in [-0.4, -0.2) is 34.4 Å². The van der Waals surface area contributed by atoms with Crippen molar-refractivity contribution in [2.75, 3.05) is 11.5 Å². The second kappa shape index (κ2) is 12.0. The summed E-state index contributed by atoms with van der Waals surface area (Å²) in [6, 6.07) is 21.3. The third-order valence-corrected chi connectivity index (χ3v) is 8.13. The van der Waals surface area contributed by atoms with Gasteiger partial charge in [0, 0.05) is 5.56 Å². The molecule has 5 rings (SSSR count). The van der Waals surface area contributed by atoms with E-state index in [1.54, 1.807) is 39.0 Å². The van der Waals surface area contributed by atoms with Gasteiger partial charge in [-0.15, -0.1) is 0 Å². The maximum atomic E-state index is 13.6. The number of carbonyl (C=O) groups excluding carboxylic acids is 3. The number of esters is 1. The molecule has 0 aliphatic carbocycles. The van der Waals surface area contributed by atoms with E-state index in [4.69, 9.17) is 9.47 Å². The first-order chi connectivity index (χ1) is 20.2. The molecule has 214 valence electrons. The topological polar surface area (TPSA) is 106 Å². The normalized spacial score (nSPS) is 16.1. The summed E-state index contributed by atoms with van der Waals surface area (Å²) in [4.78, 5) is 45.6. The third-order valence-electron chi connectivity index (χ3n) is 6.99. The molecule has 0 saturated carbocycles. The number of aromatic nitrogens is 1. The summed E-state index contributed by atoms with van der Waals surface area (Å²) in [5.74, 6) is -1.92. The lowest BCUT2D eigenvalue weighted by Gasteiger charge is -2.23. The van der Waals surface area contributed by atoms with Crippen molar-refractivity contribution in [3.05, 3.63) is 117 Å². The zero-order valence-corrected chi connectivity index (χ0v) is 24.5. The molecule has 0 bridgehead atoms. The van der Waals surface area contributed by atoms with E-state index >= 15 is 0 Å². The number of aliphatic hydroxyl groups is 1. The van der Waals surface area contributed by atoms with Gasteiger partial charge in [0.15, 0.2) is 5.13 Å². The first-order valence-corrected chi connectivity index (χ1v) is 14.3. The average molecular weight is 583 g/mol. The molecule has 3 aromatic carbocycles. The minimum absolute atomic E-state index is 0.0598. The first-order valence-electron chi connectivity index (χ1n) is 13.5. The monoisotopic (exact) mass is 582 g/mol. The number of ketones is 1. The lowest BCUT2D eigenvalue weighted by atomic mass is 9.93. The molecule has 1 fully saturated rings. The molecular formula is C33H30N2O6S. The van der Waals surface area contributed by atoms with E-state index in [-0.39, 0.29) is 27.9 Å². The zero-order chi connectivity index (χ0) is 30.0. The fourth-order valence-electron chi connectivity index (χ4n) is 4.84. The number of carbonyl (C=O) groups is 3. The van der Waals surface area contributed by atoms with Crippen LogP contribution in [0.1, 0.15) is 56.1 Å². The summed E-state index contributed by atoms with van der Waals surface area (Å²) < 4.78 is 11.1. The number of ether oxygens (including phenoxy) is 2. The molecule has 42 heavy (non-hydrogen) atoms. The van der Waals surface area contributed by atoms with Crippen molar-refractivity contribution in [3.8, 4) is 5.75 Å². The van der Waals surface area contributed by atoms with Crippen molar-refractivity contribution in [2.24, 2.45) is 0 Å². The Morgan fingerprint density at radius 2 is 1.71 bits per heavy atom. The average Bonchev–Trinajstić information content (AvgIpc) is 3.49.